The first-order chi connectivity index (χ1) is 7.63. The topological polar surface area (TPSA) is 52.6 Å². The van der Waals surface area contributed by atoms with Crippen LogP contribution in [0, 0.1) is 5.92 Å². The molecule has 16 heavy (non-hydrogen) atoms. The Balaban J connectivity index is 2.58. The lowest BCUT2D eigenvalue weighted by Crippen LogP contribution is -2.11. The third kappa shape index (κ3) is 3.88. The van der Waals surface area contributed by atoms with E-state index in [1.807, 2.05) is 6.92 Å². The SMILES string of the molecule is C=CCOC(=O)OC1=CC(=O)CCC[C@H]1C. The summed E-state index contributed by atoms with van der Waals surface area (Å²) in [4.78, 5) is 22.5. The van der Waals surface area contributed by atoms with E-state index >= 15 is 0 Å². The van der Waals surface area contributed by atoms with Gasteiger partial charge in [-0.15, -0.1) is 0 Å². The van der Waals surface area contributed by atoms with Crippen molar-refractivity contribution in [1.29, 1.82) is 0 Å². The van der Waals surface area contributed by atoms with Crippen LogP contribution in [-0.4, -0.2) is 18.5 Å². The van der Waals surface area contributed by atoms with E-state index in [2.05, 4.69) is 11.3 Å². The number of rotatable bonds is 3. The third-order valence-corrected chi connectivity index (χ3v) is 2.37. The average Bonchev–Trinajstić information content (AvgIpc) is 2.38. The number of hydrogen-bond acceptors (Lipinski definition) is 4. The molecule has 4 heteroatoms. The molecule has 0 heterocycles. The minimum Gasteiger partial charge on any atom is -0.430 e. The Hall–Kier alpha value is -1.58. The van der Waals surface area contributed by atoms with Gasteiger partial charge < -0.3 is 9.47 Å². The minimum absolute atomic E-state index is 0.00382. The van der Waals surface area contributed by atoms with E-state index in [0.717, 1.165) is 12.8 Å². The van der Waals surface area contributed by atoms with Crippen LogP contribution in [-0.2, 0) is 14.3 Å². The van der Waals surface area contributed by atoms with Crippen molar-refractivity contribution in [3.8, 4) is 0 Å². The summed E-state index contributed by atoms with van der Waals surface area (Å²) in [6.07, 6.45) is 4.24. The maximum atomic E-state index is 11.3. The summed E-state index contributed by atoms with van der Waals surface area (Å²) in [5.74, 6) is 0.468. The molecule has 1 aliphatic carbocycles. The summed E-state index contributed by atoms with van der Waals surface area (Å²) in [5.41, 5.74) is 0. The summed E-state index contributed by atoms with van der Waals surface area (Å²) in [6.45, 7) is 5.45. The maximum absolute atomic E-state index is 11.3. The number of carbonyl (C=O) groups excluding carboxylic acids is 2. The molecule has 88 valence electrons. The van der Waals surface area contributed by atoms with Gasteiger partial charge in [-0.2, -0.15) is 0 Å². The second-order valence-corrected chi connectivity index (χ2v) is 3.76. The Labute approximate surface area is 94.9 Å². The van der Waals surface area contributed by atoms with Gasteiger partial charge in [0.2, 0.25) is 0 Å². The average molecular weight is 224 g/mol. The van der Waals surface area contributed by atoms with Crippen molar-refractivity contribution >= 4 is 11.9 Å². The first-order valence-corrected chi connectivity index (χ1v) is 5.33. The Morgan fingerprint density at radius 3 is 3.12 bits per heavy atom. The first-order valence-electron chi connectivity index (χ1n) is 5.33. The highest BCUT2D eigenvalue weighted by molar-refractivity contribution is 5.90. The zero-order valence-electron chi connectivity index (χ0n) is 9.40. The molecular formula is C12H16O4. The van der Waals surface area contributed by atoms with Crippen molar-refractivity contribution in [2.24, 2.45) is 5.92 Å². The Morgan fingerprint density at radius 2 is 2.44 bits per heavy atom. The zero-order valence-corrected chi connectivity index (χ0v) is 9.40. The summed E-state index contributed by atoms with van der Waals surface area (Å²) in [5, 5.41) is 0. The molecule has 0 spiro atoms. The number of hydrogen-bond donors (Lipinski definition) is 0. The molecule has 4 nitrogen and oxygen atoms in total. The van der Waals surface area contributed by atoms with Gasteiger partial charge >= 0.3 is 6.16 Å². The molecule has 1 rings (SSSR count). The standard InChI is InChI=1S/C12H16O4/c1-3-7-15-12(14)16-11-8-10(13)6-4-5-9(11)2/h3,8-9H,1,4-7H2,2H3/t9-/m1/s1. The van der Waals surface area contributed by atoms with Gasteiger partial charge in [0.25, 0.3) is 0 Å². The van der Waals surface area contributed by atoms with Crippen LogP contribution in [0.3, 0.4) is 0 Å². The van der Waals surface area contributed by atoms with E-state index < -0.39 is 6.16 Å². The van der Waals surface area contributed by atoms with Gasteiger partial charge in [-0.1, -0.05) is 19.6 Å². The highest BCUT2D eigenvalue weighted by Crippen LogP contribution is 2.23. The summed E-state index contributed by atoms with van der Waals surface area (Å²) < 4.78 is 9.67. The quantitative estimate of drug-likeness (QED) is 0.546. The molecule has 0 aromatic heterocycles. The van der Waals surface area contributed by atoms with Gasteiger partial charge in [-0.25, -0.2) is 4.79 Å². The van der Waals surface area contributed by atoms with Gasteiger partial charge in [0, 0.05) is 18.4 Å². The zero-order chi connectivity index (χ0) is 12.0. The highest BCUT2D eigenvalue weighted by atomic mass is 16.7. The molecule has 0 saturated heterocycles. The molecule has 0 aromatic rings. The van der Waals surface area contributed by atoms with Gasteiger partial charge in [-0.05, 0) is 12.8 Å². The van der Waals surface area contributed by atoms with Gasteiger partial charge in [-0.3, -0.25) is 4.79 Å². The van der Waals surface area contributed by atoms with Gasteiger partial charge in [0.15, 0.2) is 5.78 Å². The van der Waals surface area contributed by atoms with E-state index in [9.17, 15) is 9.59 Å². The summed E-state index contributed by atoms with van der Waals surface area (Å²) in [6, 6.07) is 0. The van der Waals surface area contributed by atoms with Crippen molar-refractivity contribution in [3.63, 3.8) is 0 Å². The van der Waals surface area contributed by atoms with E-state index in [0.29, 0.717) is 12.2 Å². The molecule has 1 atom stereocenters. The fourth-order valence-corrected chi connectivity index (χ4v) is 1.48. The lowest BCUT2D eigenvalue weighted by molar-refractivity contribution is -0.114. The van der Waals surface area contributed by atoms with Crippen molar-refractivity contribution in [2.45, 2.75) is 26.2 Å². The van der Waals surface area contributed by atoms with Crippen LogP contribution in [0.4, 0.5) is 4.79 Å². The fraction of sp³-hybridized carbons (Fsp3) is 0.500. The Bertz CT molecular complexity index is 317. The van der Waals surface area contributed by atoms with Crippen molar-refractivity contribution in [1.82, 2.24) is 0 Å². The summed E-state index contributed by atoms with van der Waals surface area (Å²) in [7, 11) is 0. The van der Waals surface area contributed by atoms with Crippen LogP contribution in [0.15, 0.2) is 24.5 Å². The molecule has 0 radical (unpaired) electrons. The number of ether oxygens (including phenoxy) is 2. The van der Waals surface area contributed by atoms with Crippen molar-refractivity contribution in [3.05, 3.63) is 24.5 Å². The number of ketones is 1. The smallest absolute Gasteiger partial charge is 0.430 e. The predicted molar refractivity (Wildman–Crippen MR) is 58.7 cm³/mol. The monoisotopic (exact) mass is 224 g/mol. The summed E-state index contributed by atoms with van der Waals surface area (Å²) >= 11 is 0. The predicted octanol–water partition coefficient (Wildman–Crippen LogP) is 2.60. The molecule has 0 aromatic carbocycles. The molecule has 1 aliphatic rings. The molecule has 0 amide bonds. The maximum Gasteiger partial charge on any atom is 0.513 e. The van der Waals surface area contributed by atoms with E-state index in [1.165, 1.54) is 12.2 Å². The molecule has 0 aliphatic heterocycles. The van der Waals surface area contributed by atoms with Crippen molar-refractivity contribution in [2.75, 3.05) is 6.61 Å². The third-order valence-electron chi connectivity index (χ3n) is 2.37. The van der Waals surface area contributed by atoms with Gasteiger partial charge in [0.1, 0.15) is 12.4 Å². The molecule has 0 N–H and O–H groups in total. The second kappa shape index (κ2) is 6.10. The molecule has 0 bridgehead atoms. The fourth-order valence-electron chi connectivity index (χ4n) is 1.48. The Kier molecular flexibility index (Phi) is 4.76. The Morgan fingerprint density at radius 1 is 1.69 bits per heavy atom. The van der Waals surface area contributed by atoms with E-state index in [-0.39, 0.29) is 18.3 Å². The highest BCUT2D eigenvalue weighted by Gasteiger charge is 2.19. The molecular weight excluding hydrogens is 208 g/mol. The van der Waals surface area contributed by atoms with Crippen LogP contribution >= 0.6 is 0 Å². The molecule has 0 saturated carbocycles. The first kappa shape index (κ1) is 12.5. The lowest BCUT2D eigenvalue weighted by Gasteiger charge is -2.12. The van der Waals surface area contributed by atoms with Crippen LogP contribution in [0.2, 0.25) is 0 Å². The van der Waals surface area contributed by atoms with Crippen LogP contribution in [0.5, 0.6) is 0 Å². The van der Waals surface area contributed by atoms with Crippen LogP contribution in [0.1, 0.15) is 26.2 Å². The lowest BCUT2D eigenvalue weighted by atomic mass is 10.1. The largest absolute Gasteiger partial charge is 0.513 e. The van der Waals surface area contributed by atoms with Crippen LogP contribution in [0.25, 0.3) is 0 Å². The van der Waals surface area contributed by atoms with Gasteiger partial charge in [0.05, 0.1) is 0 Å². The molecule has 0 fully saturated rings. The normalized spacial score (nSPS) is 20.7. The minimum atomic E-state index is -0.785. The van der Waals surface area contributed by atoms with E-state index in [4.69, 9.17) is 4.74 Å². The van der Waals surface area contributed by atoms with Crippen molar-refractivity contribution < 1.29 is 19.1 Å². The number of carbonyl (C=O) groups is 2. The van der Waals surface area contributed by atoms with E-state index in [1.54, 1.807) is 0 Å². The second-order valence-electron chi connectivity index (χ2n) is 3.76. The number of allylic oxidation sites excluding steroid dienone is 2. The molecule has 0 unspecified atom stereocenters. The van der Waals surface area contributed by atoms with Crippen LogP contribution < -0.4 is 0 Å².